The Morgan fingerprint density at radius 1 is 0.227 bits per heavy atom. The summed E-state index contributed by atoms with van der Waals surface area (Å²) in [4.78, 5) is 0. The third-order valence-electron chi connectivity index (χ3n) is 19.2. The average molecular weight is 1490 g/mol. The van der Waals surface area contributed by atoms with Gasteiger partial charge in [0.25, 0.3) is 0 Å². The topological polar surface area (TPSA) is 15.5 Å². The van der Waals surface area contributed by atoms with E-state index in [4.69, 9.17) is 35.6 Å². The maximum absolute atomic E-state index is 8.91. The monoisotopic (exact) mass is 1490 g/mol. The number of nitrogens with zero attached hydrogens (tertiary/aromatic N) is 4. The summed E-state index contributed by atoms with van der Waals surface area (Å²) in [5.74, 6) is 0. The van der Waals surface area contributed by atoms with E-state index in [1.54, 1.807) is 135 Å². The van der Waals surface area contributed by atoms with Crippen LogP contribution in [0.3, 0.4) is 0 Å². The van der Waals surface area contributed by atoms with Crippen LogP contribution in [-0.2, 0) is 53.7 Å². The molecule has 110 heavy (non-hydrogen) atoms. The summed E-state index contributed by atoms with van der Waals surface area (Å²) >= 11 is 0. The molecule has 0 saturated heterocycles. The predicted octanol–water partition coefficient (Wildman–Crippen LogP) is 26.1. The molecule has 8 aromatic carbocycles. The lowest BCUT2D eigenvalue weighted by Crippen LogP contribution is -2.31. The van der Waals surface area contributed by atoms with Gasteiger partial charge in [-0.2, -0.15) is 0 Å². The summed E-state index contributed by atoms with van der Waals surface area (Å²) in [5.41, 5.74) is 19.8. The molecule has 572 valence electrons. The zero-order chi connectivity index (χ0) is 103. The average Bonchev–Trinajstić information content (AvgIpc) is 0.742. The van der Waals surface area contributed by atoms with E-state index >= 15 is 0 Å². The van der Waals surface area contributed by atoms with Crippen LogP contribution in [0.5, 0.6) is 0 Å². The highest BCUT2D eigenvalue weighted by molar-refractivity contribution is 5.81. The van der Waals surface area contributed by atoms with Crippen molar-refractivity contribution in [1.29, 1.82) is 0 Å². The number of pyridine rings is 4. The van der Waals surface area contributed by atoms with E-state index in [1.165, 1.54) is 0 Å². The van der Waals surface area contributed by atoms with Crippen LogP contribution in [0.4, 0.5) is 0 Å². The van der Waals surface area contributed by atoms with Gasteiger partial charge in [0.15, 0.2) is 24.8 Å². The van der Waals surface area contributed by atoms with Crippen molar-refractivity contribution in [2.75, 3.05) is 0 Å². The van der Waals surface area contributed by atoms with Gasteiger partial charge in [-0.25, -0.2) is 18.3 Å². The molecule has 0 fully saturated rings. The second kappa shape index (κ2) is 34.7. The Bertz CT molecular complexity index is 6060. The number of benzene rings is 8. The minimum Gasteiger partial charge on any atom is -0.201 e. The van der Waals surface area contributed by atoms with Gasteiger partial charge in [0, 0.05) is 104 Å². The molecule has 4 heteroatoms. The lowest BCUT2D eigenvalue weighted by atomic mass is 9.83. The Labute approximate surface area is 702 Å². The van der Waals surface area contributed by atoms with Crippen molar-refractivity contribution in [3.8, 4) is 89.5 Å². The Kier molecular flexibility index (Phi) is 17.3. The van der Waals surface area contributed by atoms with Gasteiger partial charge >= 0.3 is 0 Å². The fourth-order valence-corrected chi connectivity index (χ4v) is 13.6. The van der Waals surface area contributed by atoms with Crippen molar-refractivity contribution in [3.05, 3.63) is 307 Å². The molecule has 0 unspecified atom stereocenters. The van der Waals surface area contributed by atoms with Gasteiger partial charge < -0.3 is 0 Å². The first-order valence-electron chi connectivity index (χ1n) is 50.8. The number of hydrogen-bond acceptors (Lipinski definition) is 0. The summed E-state index contributed by atoms with van der Waals surface area (Å²) in [6.45, 7) is 23.7. The maximum Gasteiger partial charge on any atom is 0.212 e. The van der Waals surface area contributed by atoms with Crippen molar-refractivity contribution in [3.63, 3.8) is 0 Å². The van der Waals surface area contributed by atoms with Crippen LogP contribution in [0.15, 0.2) is 207 Å². The number of aromatic nitrogens is 4. The molecule has 12 aromatic rings. The normalized spacial score (nSPS) is 16.4. The summed E-state index contributed by atoms with van der Waals surface area (Å²) in [5, 5.41) is 0. The van der Waals surface area contributed by atoms with Gasteiger partial charge in [-0.05, 0) is 290 Å². The van der Waals surface area contributed by atoms with E-state index in [0.717, 1.165) is 101 Å². The first kappa shape index (κ1) is 54.9. The molecule has 0 amide bonds. The first-order chi connectivity index (χ1) is 61.8. The molecule has 0 aliphatic rings. The largest absolute Gasteiger partial charge is 0.212 e. The van der Waals surface area contributed by atoms with Crippen LogP contribution in [0, 0.1) is 118 Å². The second-order valence-electron chi connectivity index (χ2n) is 33.6. The lowest BCUT2D eigenvalue weighted by molar-refractivity contribution is -0.660. The molecular weight excluding hydrogens is 1330 g/mol. The first-order valence-corrected chi connectivity index (χ1v) is 37.8. The van der Waals surface area contributed by atoms with E-state index in [1.807, 2.05) is 245 Å². The maximum atomic E-state index is 8.91. The van der Waals surface area contributed by atoms with Gasteiger partial charge in [-0.15, -0.1) is 0 Å². The lowest BCUT2D eigenvalue weighted by Gasteiger charge is -2.22. The molecule has 0 aliphatic heterocycles. The van der Waals surface area contributed by atoms with E-state index in [0.29, 0.717) is 66.8 Å². The molecule has 0 spiro atoms. The van der Waals surface area contributed by atoms with Crippen LogP contribution < -0.4 is 18.3 Å². The Morgan fingerprint density at radius 2 is 0.464 bits per heavy atom. The Morgan fingerprint density at radius 3 is 0.718 bits per heavy atom. The zero-order valence-electron chi connectivity index (χ0n) is 95.4. The number of rotatable bonds is 12. The second-order valence-corrected chi connectivity index (χ2v) is 33.6. The molecule has 4 heterocycles. The smallest absolute Gasteiger partial charge is 0.201 e. The standard InChI is InChI=1S/2C27H34N.2C26H32N/c2*1-18-14-26(28(8)17-21(18)4)25-15-24(19(2)13-20(25)3)23-12-10-9-11-22(23)16-27(5,6)7;2*1-18-12-13-21(23-11-9-8-10-22(23)16-26(4,5)6)15-24(18)25-14-19(2)20(3)17-27(25)7/h2*9-15,17H,16H2,1-8H3;2*8-15,17H,16H2,1-7H3/q4*+1/i2*2D3,4D3,16D2;2*3D3,16D2. The summed E-state index contributed by atoms with van der Waals surface area (Å²) < 4.78 is 221. The highest BCUT2D eigenvalue weighted by atomic mass is 14.9. The third-order valence-corrected chi connectivity index (χ3v) is 19.2. The third kappa shape index (κ3) is 21.5. The molecule has 0 atom stereocenters. The van der Waals surface area contributed by atoms with Gasteiger partial charge in [0.2, 0.25) is 22.8 Å². The molecule has 4 nitrogen and oxygen atoms in total. The van der Waals surface area contributed by atoms with Crippen molar-refractivity contribution >= 4 is 0 Å². The van der Waals surface area contributed by atoms with Crippen LogP contribution in [0.2, 0.25) is 0 Å². The Balaban J connectivity index is 0.000000204. The van der Waals surface area contributed by atoms with Crippen LogP contribution in [0.25, 0.3) is 89.5 Å². The minimum absolute atomic E-state index is 0.152. The molecule has 0 bridgehead atoms. The van der Waals surface area contributed by atoms with Crippen molar-refractivity contribution in [1.82, 2.24) is 0 Å². The summed E-state index contributed by atoms with van der Waals surface area (Å²) in [6, 6.07) is 56.1. The molecule has 0 N–H and O–H groups in total. The fourth-order valence-electron chi connectivity index (χ4n) is 13.6. The van der Waals surface area contributed by atoms with Crippen molar-refractivity contribution < 1.29 is 53.9 Å². The highest BCUT2D eigenvalue weighted by Crippen LogP contribution is 2.40. The molecule has 0 aliphatic carbocycles. The SMILES string of the molecule is [2H]C([2H])([2H])c1c[n+](C)c(-c2cc(-c3ccccc3C([2H])([2H])C(C)(C)C)c(C([2H])([2H])[2H])cc2C)cc1C.[2H]C([2H])([2H])c1c[n+](C)c(-c2cc(-c3ccccc3C([2H])([2H])C(C)(C)C)c(C([2H])([2H])[2H])cc2C)cc1C.[2H]C([2H])([2H])c1c[n+](C)c(-c2cc(-c3ccccc3C([2H])([2H])C(C)(C)C)ccc2C)cc1C.[2H]C([2H])([2H])c1c[n+](C)c(-c2cc(-c3ccccc3C([2H])([2H])C(C)(C)C)ccc2C)cc1C. The van der Waals surface area contributed by atoms with Gasteiger partial charge in [0.05, 0.1) is 0 Å². The minimum atomic E-state index is -2.41. The van der Waals surface area contributed by atoms with E-state index < -0.39 is 88.3 Å². The summed E-state index contributed by atoms with van der Waals surface area (Å²) in [6.07, 6.45) is 0.0776. The fraction of sp³-hybridized carbons (Fsp3) is 0.358. The van der Waals surface area contributed by atoms with Crippen LogP contribution in [-0.4, -0.2) is 0 Å². The van der Waals surface area contributed by atoms with Crippen molar-refractivity contribution in [2.24, 2.45) is 49.9 Å². The summed E-state index contributed by atoms with van der Waals surface area (Å²) in [7, 11) is 7.27. The molecule has 0 radical (unpaired) electrons. The van der Waals surface area contributed by atoms with Crippen LogP contribution >= 0.6 is 0 Å². The highest BCUT2D eigenvalue weighted by Gasteiger charge is 2.26. The van der Waals surface area contributed by atoms with Crippen molar-refractivity contribution in [2.45, 2.75) is 205 Å². The van der Waals surface area contributed by atoms with Gasteiger partial charge in [-0.1, -0.05) is 217 Å². The van der Waals surface area contributed by atoms with Gasteiger partial charge in [0.1, 0.15) is 28.2 Å². The molecule has 12 rings (SSSR count). The number of aryl methyl sites for hydroxylation is 18. The molecule has 0 saturated carbocycles. The van der Waals surface area contributed by atoms with Gasteiger partial charge in [-0.3, -0.25) is 0 Å². The molecule has 4 aromatic heterocycles. The van der Waals surface area contributed by atoms with Crippen LogP contribution in [0.1, 0.15) is 219 Å². The van der Waals surface area contributed by atoms with E-state index in [-0.39, 0.29) is 22.3 Å². The number of hydrogen-bond donors (Lipinski definition) is 0. The molecular formula is C106H132N4+4. The van der Waals surface area contributed by atoms with E-state index in [9.17, 15) is 0 Å². The predicted molar refractivity (Wildman–Crippen MR) is 473 cm³/mol. The van der Waals surface area contributed by atoms with E-state index in [2.05, 4.69) is 12.1 Å². The Hall–Kier alpha value is -9.64. The zero-order valence-corrected chi connectivity index (χ0v) is 69.4. The quantitative estimate of drug-likeness (QED) is 0.108.